The number of carbonyl (C=O) groups excluding carboxylic acids is 1. The Hall–Kier alpha value is -1.97. The van der Waals surface area contributed by atoms with Gasteiger partial charge in [0, 0.05) is 19.9 Å². The third-order valence-corrected chi connectivity index (χ3v) is 6.10. The predicted molar refractivity (Wildman–Crippen MR) is 119 cm³/mol. The predicted octanol–water partition coefficient (Wildman–Crippen LogP) is 7.41. The van der Waals surface area contributed by atoms with Crippen LogP contribution in [0.5, 0.6) is 0 Å². The molecule has 4 rings (SSSR count). The summed E-state index contributed by atoms with van der Waals surface area (Å²) in [6.45, 7) is 4.45. The standard InChI is InChI=1S/C24H18Br2O/c1-24(2)21-6-4-3-5-19(21)20-9-8-16(13-22(20)24)23(27)10-7-15-11-17(25)14-18(26)12-15/h3-14H,1-2H3/b10-7+. The molecule has 0 spiro atoms. The van der Waals surface area contributed by atoms with Gasteiger partial charge in [0.1, 0.15) is 0 Å². The van der Waals surface area contributed by atoms with E-state index in [-0.39, 0.29) is 11.2 Å². The van der Waals surface area contributed by atoms with Gasteiger partial charge in [0.25, 0.3) is 0 Å². The van der Waals surface area contributed by atoms with Gasteiger partial charge >= 0.3 is 0 Å². The lowest BCUT2D eigenvalue weighted by Gasteiger charge is -2.21. The third kappa shape index (κ3) is 3.35. The summed E-state index contributed by atoms with van der Waals surface area (Å²) in [6.07, 6.45) is 3.50. The number of carbonyl (C=O) groups is 1. The molecule has 3 aromatic rings. The Morgan fingerprint density at radius 3 is 2.26 bits per heavy atom. The van der Waals surface area contributed by atoms with Gasteiger partial charge in [-0.05, 0) is 58.2 Å². The van der Waals surface area contributed by atoms with E-state index in [4.69, 9.17) is 0 Å². The molecule has 27 heavy (non-hydrogen) atoms. The van der Waals surface area contributed by atoms with Gasteiger partial charge in [-0.15, -0.1) is 0 Å². The second-order valence-corrected chi connectivity index (χ2v) is 9.16. The molecule has 3 aromatic carbocycles. The summed E-state index contributed by atoms with van der Waals surface area (Å²) >= 11 is 6.95. The topological polar surface area (TPSA) is 17.1 Å². The first kappa shape index (κ1) is 18.4. The van der Waals surface area contributed by atoms with E-state index in [9.17, 15) is 4.79 Å². The minimum absolute atomic E-state index is 0.0145. The number of benzene rings is 3. The summed E-state index contributed by atoms with van der Waals surface area (Å²) in [6, 6.07) is 20.5. The fourth-order valence-electron chi connectivity index (χ4n) is 3.80. The van der Waals surface area contributed by atoms with E-state index in [2.05, 4.69) is 82.1 Å². The minimum Gasteiger partial charge on any atom is -0.289 e. The minimum atomic E-state index is -0.0961. The van der Waals surface area contributed by atoms with Crippen LogP contribution in [0.2, 0.25) is 0 Å². The van der Waals surface area contributed by atoms with Crippen molar-refractivity contribution in [1.29, 1.82) is 0 Å². The molecule has 0 radical (unpaired) electrons. The first-order valence-electron chi connectivity index (χ1n) is 8.79. The van der Waals surface area contributed by atoms with Crippen molar-refractivity contribution in [3.63, 3.8) is 0 Å². The highest BCUT2D eigenvalue weighted by atomic mass is 79.9. The Morgan fingerprint density at radius 2 is 1.52 bits per heavy atom. The lowest BCUT2D eigenvalue weighted by molar-refractivity contribution is 0.104. The number of fused-ring (bicyclic) bond motifs is 3. The van der Waals surface area contributed by atoms with E-state index < -0.39 is 0 Å². The zero-order chi connectivity index (χ0) is 19.2. The largest absolute Gasteiger partial charge is 0.289 e. The molecule has 0 atom stereocenters. The van der Waals surface area contributed by atoms with Crippen molar-refractivity contribution in [2.24, 2.45) is 0 Å². The van der Waals surface area contributed by atoms with Crippen molar-refractivity contribution >= 4 is 43.7 Å². The Balaban J connectivity index is 1.68. The Labute approximate surface area is 176 Å². The Morgan fingerprint density at radius 1 is 0.852 bits per heavy atom. The molecule has 3 heteroatoms. The van der Waals surface area contributed by atoms with Gasteiger partial charge in [-0.2, -0.15) is 0 Å². The van der Waals surface area contributed by atoms with E-state index >= 15 is 0 Å². The van der Waals surface area contributed by atoms with Crippen LogP contribution in [0.15, 0.2) is 75.7 Å². The van der Waals surface area contributed by atoms with Gasteiger partial charge < -0.3 is 0 Å². The highest BCUT2D eigenvalue weighted by Crippen LogP contribution is 2.48. The lowest BCUT2D eigenvalue weighted by Crippen LogP contribution is -2.15. The van der Waals surface area contributed by atoms with Gasteiger partial charge in [-0.25, -0.2) is 0 Å². The summed E-state index contributed by atoms with van der Waals surface area (Å²) < 4.78 is 1.95. The maximum absolute atomic E-state index is 12.8. The normalized spacial score (nSPS) is 14.2. The fourth-order valence-corrected chi connectivity index (χ4v) is 5.13. The molecule has 0 bridgehead atoms. The van der Waals surface area contributed by atoms with Crippen LogP contribution in [0.1, 0.15) is 40.9 Å². The van der Waals surface area contributed by atoms with Crippen LogP contribution in [-0.2, 0) is 5.41 Å². The molecule has 0 aliphatic heterocycles. The summed E-state index contributed by atoms with van der Waals surface area (Å²) in [4.78, 5) is 12.8. The maximum atomic E-state index is 12.8. The molecule has 1 aliphatic carbocycles. The van der Waals surface area contributed by atoms with Gasteiger partial charge in [0.05, 0.1) is 0 Å². The highest BCUT2D eigenvalue weighted by Gasteiger charge is 2.35. The van der Waals surface area contributed by atoms with Crippen molar-refractivity contribution in [2.45, 2.75) is 19.3 Å². The van der Waals surface area contributed by atoms with Crippen molar-refractivity contribution in [3.05, 3.63) is 97.9 Å². The molecule has 0 saturated carbocycles. The van der Waals surface area contributed by atoms with Crippen LogP contribution in [0.25, 0.3) is 17.2 Å². The molecule has 0 fully saturated rings. The molecule has 1 nitrogen and oxygen atoms in total. The molecule has 0 N–H and O–H groups in total. The molecule has 0 heterocycles. The molecule has 0 aromatic heterocycles. The number of rotatable bonds is 3. The van der Waals surface area contributed by atoms with Crippen LogP contribution >= 0.6 is 31.9 Å². The summed E-state index contributed by atoms with van der Waals surface area (Å²) in [7, 11) is 0. The number of ketones is 1. The smallest absolute Gasteiger partial charge is 0.185 e. The van der Waals surface area contributed by atoms with Crippen molar-refractivity contribution < 1.29 is 4.79 Å². The van der Waals surface area contributed by atoms with Gasteiger partial charge in [0.2, 0.25) is 0 Å². The molecule has 1 aliphatic rings. The SMILES string of the molecule is CC1(C)c2ccccc2-c2ccc(C(=O)/C=C/c3cc(Br)cc(Br)c3)cc21. The number of allylic oxidation sites excluding steroid dienone is 1. The van der Waals surface area contributed by atoms with E-state index in [1.165, 1.54) is 22.3 Å². The zero-order valence-electron chi connectivity index (χ0n) is 15.1. The van der Waals surface area contributed by atoms with Crippen LogP contribution in [0, 0.1) is 0 Å². The monoisotopic (exact) mass is 480 g/mol. The third-order valence-electron chi connectivity index (χ3n) is 5.18. The van der Waals surface area contributed by atoms with Gasteiger partial charge in [-0.1, -0.05) is 88.2 Å². The van der Waals surface area contributed by atoms with Crippen LogP contribution in [0.3, 0.4) is 0 Å². The van der Waals surface area contributed by atoms with Crippen molar-refractivity contribution in [2.75, 3.05) is 0 Å². The Bertz CT molecular complexity index is 1070. The second-order valence-electron chi connectivity index (χ2n) is 7.33. The maximum Gasteiger partial charge on any atom is 0.185 e. The van der Waals surface area contributed by atoms with E-state index in [1.54, 1.807) is 6.08 Å². The zero-order valence-corrected chi connectivity index (χ0v) is 18.3. The van der Waals surface area contributed by atoms with Crippen molar-refractivity contribution in [3.8, 4) is 11.1 Å². The molecular formula is C24H18Br2O. The average Bonchev–Trinajstić information content (AvgIpc) is 2.87. The molecule has 134 valence electrons. The lowest BCUT2D eigenvalue weighted by atomic mass is 9.82. The van der Waals surface area contributed by atoms with E-state index in [0.29, 0.717) is 0 Å². The first-order valence-corrected chi connectivity index (χ1v) is 10.4. The number of hydrogen-bond donors (Lipinski definition) is 0. The van der Waals surface area contributed by atoms with Gasteiger partial charge in [0.15, 0.2) is 5.78 Å². The van der Waals surface area contributed by atoms with Crippen molar-refractivity contribution in [1.82, 2.24) is 0 Å². The van der Waals surface area contributed by atoms with Crippen LogP contribution in [0.4, 0.5) is 0 Å². The Kier molecular flexibility index (Phi) is 4.69. The average molecular weight is 482 g/mol. The molecule has 0 saturated heterocycles. The second kappa shape index (κ2) is 6.88. The van der Waals surface area contributed by atoms with E-state index in [1.807, 2.05) is 30.3 Å². The highest BCUT2D eigenvalue weighted by molar-refractivity contribution is 9.11. The number of halogens is 2. The molecule has 0 unspecified atom stereocenters. The van der Waals surface area contributed by atoms with Gasteiger partial charge in [-0.3, -0.25) is 4.79 Å². The van der Waals surface area contributed by atoms with E-state index in [0.717, 1.165) is 20.1 Å². The van der Waals surface area contributed by atoms with Crippen LogP contribution < -0.4 is 0 Å². The summed E-state index contributed by atoms with van der Waals surface area (Å²) in [5.74, 6) is 0.0145. The molecule has 0 amide bonds. The molecular weight excluding hydrogens is 464 g/mol. The summed E-state index contributed by atoms with van der Waals surface area (Å²) in [5.41, 5.74) is 6.63. The summed E-state index contributed by atoms with van der Waals surface area (Å²) in [5, 5.41) is 0. The number of hydrogen-bond acceptors (Lipinski definition) is 1. The van der Waals surface area contributed by atoms with Crippen LogP contribution in [-0.4, -0.2) is 5.78 Å². The quantitative estimate of drug-likeness (QED) is 0.281. The first-order chi connectivity index (χ1) is 12.9. The fraction of sp³-hybridized carbons (Fsp3) is 0.125.